The van der Waals surface area contributed by atoms with Crippen LogP contribution in [0, 0.1) is 0 Å². The largest absolute Gasteiger partial charge is 1.00 e. The molecular formula is C20H37Br2O6-. The molecule has 0 aliphatic heterocycles. The van der Waals surface area contributed by atoms with Gasteiger partial charge in [0.15, 0.2) is 0 Å². The molecule has 0 aliphatic rings. The molecule has 0 spiro atoms. The number of hydrogen-bond acceptors (Lipinski definition) is 6. The number of alkyl halides is 1. The van der Waals surface area contributed by atoms with Crippen molar-refractivity contribution < 1.29 is 45.6 Å². The number of ether oxygens (including phenoxy) is 3. The highest BCUT2D eigenvalue weighted by atomic mass is 79.9. The zero-order valence-electron chi connectivity index (χ0n) is 18.9. The first-order chi connectivity index (χ1) is 11.9. The number of carbonyl (C=O) groups is 3. The minimum Gasteiger partial charge on any atom is -1.00 e. The summed E-state index contributed by atoms with van der Waals surface area (Å²) < 4.78 is 14.7. The lowest BCUT2D eigenvalue weighted by atomic mass is 10.2. The van der Waals surface area contributed by atoms with Gasteiger partial charge < -0.3 is 31.2 Å². The summed E-state index contributed by atoms with van der Waals surface area (Å²) in [4.78, 5) is 31.7. The molecule has 0 saturated heterocycles. The van der Waals surface area contributed by atoms with Crippen LogP contribution in [0.4, 0.5) is 0 Å². The van der Waals surface area contributed by atoms with E-state index in [9.17, 15) is 14.4 Å². The SMILES string of the molecule is C=CC(=O)OC(C)(C)C.CC(C)(C)OC(=O)CBr.CCC(=O)OC(C)(C)C.[Br-]. The molecule has 28 heavy (non-hydrogen) atoms. The van der Waals surface area contributed by atoms with Crippen LogP contribution in [-0.2, 0) is 28.6 Å². The van der Waals surface area contributed by atoms with Gasteiger partial charge in [0.1, 0.15) is 22.1 Å². The van der Waals surface area contributed by atoms with E-state index < -0.39 is 5.60 Å². The van der Waals surface area contributed by atoms with Gasteiger partial charge in [0.25, 0.3) is 0 Å². The van der Waals surface area contributed by atoms with Crippen LogP contribution in [0.25, 0.3) is 0 Å². The van der Waals surface area contributed by atoms with E-state index in [0.717, 1.165) is 6.08 Å². The van der Waals surface area contributed by atoms with Crippen LogP contribution >= 0.6 is 15.9 Å². The first-order valence-electron chi connectivity index (χ1n) is 8.72. The maximum Gasteiger partial charge on any atom is 0.330 e. The van der Waals surface area contributed by atoms with E-state index in [0.29, 0.717) is 6.42 Å². The predicted octanol–water partition coefficient (Wildman–Crippen LogP) is 1.98. The van der Waals surface area contributed by atoms with Crippen molar-refractivity contribution in [2.45, 2.75) is 92.5 Å². The summed E-state index contributed by atoms with van der Waals surface area (Å²) in [5, 5.41) is 0.268. The summed E-state index contributed by atoms with van der Waals surface area (Å²) in [5.41, 5.74) is -1.08. The fraction of sp³-hybridized carbons (Fsp3) is 0.750. The first kappa shape index (κ1) is 34.6. The van der Waals surface area contributed by atoms with Crippen LogP contribution in [0.1, 0.15) is 75.7 Å². The number of halogens is 2. The summed E-state index contributed by atoms with van der Waals surface area (Å²) >= 11 is 2.99. The third-order valence-electron chi connectivity index (χ3n) is 1.81. The second kappa shape index (κ2) is 16.0. The lowest BCUT2D eigenvalue weighted by Gasteiger charge is -2.18. The number of rotatable bonds is 3. The lowest BCUT2D eigenvalue weighted by Crippen LogP contribution is -3.00. The third kappa shape index (κ3) is 36.1. The van der Waals surface area contributed by atoms with Gasteiger partial charge in [0, 0.05) is 12.5 Å². The molecule has 0 saturated carbocycles. The Morgan fingerprint density at radius 1 is 0.786 bits per heavy atom. The van der Waals surface area contributed by atoms with Crippen molar-refractivity contribution >= 4 is 33.8 Å². The van der Waals surface area contributed by atoms with Gasteiger partial charge in [-0.1, -0.05) is 29.4 Å². The zero-order valence-corrected chi connectivity index (χ0v) is 22.1. The number of hydrogen-bond donors (Lipinski definition) is 0. The Hall–Kier alpha value is -0.890. The molecule has 0 aromatic heterocycles. The highest BCUT2D eigenvalue weighted by molar-refractivity contribution is 9.09. The van der Waals surface area contributed by atoms with Crippen LogP contribution in [0.5, 0.6) is 0 Å². The lowest BCUT2D eigenvalue weighted by molar-refractivity contribution is -0.154. The van der Waals surface area contributed by atoms with Gasteiger partial charge in [-0.05, 0) is 62.3 Å². The summed E-state index contributed by atoms with van der Waals surface area (Å²) in [6.45, 7) is 21.6. The topological polar surface area (TPSA) is 78.9 Å². The molecule has 0 heterocycles. The Labute approximate surface area is 189 Å². The van der Waals surface area contributed by atoms with E-state index in [4.69, 9.17) is 14.2 Å². The minimum absolute atomic E-state index is 0. The van der Waals surface area contributed by atoms with Crippen molar-refractivity contribution in [1.82, 2.24) is 0 Å². The summed E-state index contributed by atoms with van der Waals surface area (Å²) in [6, 6.07) is 0. The maximum absolute atomic E-state index is 10.6. The van der Waals surface area contributed by atoms with Crippen LogP contribution in [0.2, 0.25) is 0 Å². The van der Waals surface area contributed by atoms with Crippen molar-refractivity contribution in [3.63, 3.8) is 0 Å². The van der Waals surface area contributed by atoms with Gasteiger partial charge in [0.2, 0.25) is 0 Å². The smallest absolute Gasteiger partial charge is 0.330 e. The van der Waals surface area contributed by atoms with Crippen molar-refractivity contribution in [1.29, 1.82) is 0 Å². The molecule has 0 rings (SSSR count). The predicted molar refractivity (Wildman–Crippen MR) is 112 cm³/mol. The van der Waals surface area contributed by atoms with Crippen LogP contribution < -0.4 is 17.0 Å². The molecule has 8 heteroatoms. The van der Waals surface area contributed by atoms with E-state index in [-0.39, 0.29) is 51.4 Å². The molecule has 0 N–H and O–H groups in total. The average Bonchev–Trinajstić information content (AvgIpc) is 2.43. The Morgan fingerprint density at radius 2 is 1.11 bits per heavy atom. The zero-order chi connectivity index (χ0) is 22.5. The molecule has 0 aromatic carbocycles. The summed E-state index contributed by atoms with van der Waals surface area (Å²) in [5.74, 6) is -0.729. The number of carbonyl (C=O) groups excluding carboxylic acids is 3. The molecule has 6 nitrogen and oxygen atoms in total. The summed E-state index contributed by atoms with van der Waals surface area (Å²) in [7, 11) is 0. The van der Waals surface area contributed by atoms with Crippen molar-refractivity contribution in [3.8, 4) is 0 Å². The van der Waals surface area contributed by atoms with E-state index in [2.05, 4.69) is 22.5 Å². The van der Waals surface area contributed by atoms with Gasteiger partial charge in [-0.2, -0.15) is 0 Å². The molecule has 0 bridgehead atoms. The summed E-state index contributed by atoms with van der Waals surface area (Å²) in [6.07, 6.45) is 1.61. The highest BCUT2D eigenvalue weighted by Gasteiger charge is 2.15. The fourth-order valence-electron chi connectivity index (χ4n) is 1.13. The monoisotopic (exact) mass is 531 g/mol. The van der Waals surface area contributed by atoms with Crippen molar-refractivity contribution in [2.75, 3.05) is 5.33 Å². The van der Waals surface area contributed by atoms with Crippen LogP contribution in [-0.4, -0.2) is 40.0 Å². The Balaban J connectivity index is -0.000000152. The molecule has 168 valence electrons. The quantitative estimate of drug-likeness (QED) is 0.239. The van der Waals surface area contributed by atoms with Gasteiger partial charge in [-0.3, -0.25) is 9.59 Å². The van der Waals surface area contributed by atoms with Gasteiger partial charge in [-0.25, -0.2) is 4.79 Å². The van der Waals surface area contributed by atoms with E-state index in [1.54, 1.807) is 6.92 Å². The molecule has 0 fully saturated rings. The van der Waals surface area contributed by atoms with Crippen molar-refractivity contribution in [3.05, 3.63) is 12.7 Å². The second-order valence-corrected chi connectivity index (χ2v) is 8.96. The first-order valence-corrected chi connectivity index (χ1v) is 9.84. The van der Waals surface area contributed by atoms with E-state index >= 15 is 0 Å². The maximum atomic E-state index is 10.6. The number of esters is 3. The average molecular weight is 533 g/mol. The van der Waals surface area contributed by atoms with Crippen LogP contribution in [0.3, 0.4) is 0 Å². The second-order valence-electron chi connectivity index (χ2n) is 8.40. The molecule has 0 unspecified atom stereocenters. The normalized spacial score (nSPS) is 10.5. The molecular weight excluding hydrogens is 496 g/mol. The van der Waals surface area contributed by atoms with Gasteiger partial charge in [-0.15, -0.1) is 0 Å². The molecule has 0 radical (unpaired) electrons. The molecule has 0 atom stereocenters. The Bertz CT molecular complexity index is 441. The van der Waals surface area contributed by atoms with Gasteiger partial charge in [0.05, 0.1) is 0 Å². The van der Waals surface area contributed by atoms with Crippen molar-refractivity contribution in [2.24, 2.45) is 0 Å². The third-order valence-corrected chi connectivity index (χ3v) is 2.27. The molecule has 0 aromatic rings. The fourth-order valence-corrected chi connectivity index (χ4v) is 1.24. The highest BCUT2D eigenvalue weighted by Crippen LogP contribution is 2.08. The van der Waals surface area contributed by atoms with Crippen LogP contribution in [0.15, 0.2) is 12.7 Å². The minimum atomic E-state index is -0.398. The Morgan fingerprint density at radius 3 is 1.21 bits per heavy atom. The van der Waals surface area contributed by atoms with Gasteiger partial charge >= 0.3 is 17.9 Å². The Kier molecular flexibility index (Phi) is 19.7. The molecule has 0 aliphatic carbocycles. The standard InChI is InChI=1S/C7H14O2.C7H12O2.C6H11BrO2.BrH/c2*1-5-6(8)9-7(2,3)4;1-6(2,3)9-5(8)4-7;/h5H2,1-4H3;5H,1H2,2-4H3;4H2,1-3H3;1H/p-1. The molecule has 0 amide bonds. The van der Waals surface area contributed by atoms with E-state index in [1.807, 2.05) is 62.3 Å². The van der Waals surface area contributed by atoms with E-state index in [1.165, 1.54) is 0 Å².